The van der Waals surface area contributed by atoms with Crippen LogP contribution < -0.4 is 0 Å². The Balaban J connectivity index is 5.96. The van der Waals surface area contributed by atoms with E-state index >= 15 is 0 Å². The quantitative estimate of drug-likeness (QED) is 0.598. The number of hydrogen-bond donors (Lipinski definition) is 0. The van der Waals surface area contributed by atoms with Crippen molar-refractivity contribution in [1.29, 1.82) is 0 Å². The van der Waals surface area contributed by atoms with Crippen LogP contribution in [0.1, 0.15) is 19.8 Å². The summed E-state index contributed by atoms with van der Waals surface area (Å²) in [7, 11) is -0.901. The summed E-state index contributed by atoms with van der Waals surface area (Å²) in [5.74, 6) is 0. The molecule has 0 aliphatic carbocycles. The Labute approximate surface area is 126 Å². The zero-order chi connectivity index (χ0) is 15.7. The zero-order valence-electron chi connectivity index (χ0n) is 15.6. The molecular formula is C14H39NSi4. The fraction of sp³-hybridized carbons (Fsp3) is 1.00. The SMILES string of the molecule is CCCCN(C)[Si]([Si](C)(C)C)([Si](C)(C)C)[Si](C)(C)C. The molecule has 5 heteroatoms. The highest BCUT2D eigenvalue weighted by Crippen LogP contribution is 2.38. The second kappa shape index (κ2) is 6.30. The molecule has 19 heavy (non-hydrogen) atoms. The minimum Gasteiger partial charge on any atom is -0.332 e. The van der Waals surface area contributed by atoms with Gasteiger partial charge in [-0.3, -0.25) is 0 Å². The molecule has 0 aromatic carbocycles. The van der Waals surface area contributed by atoms with Gasteiger partial charge < -0.3 is 4.57 Å². The van der Waals surface area contributed by atoms with Crippen molar-refractivity contribution in [3.05, 3.63) is 0 Å². The predicted octanol–water partition coefficient (Wildman–Crippen LogP) is 4.91. The molecule has 0 amide bonds. The lowest BCUT2D eigenvalue weighted by molar-refractivity contribution is 0.505. The van der Waals surface area contributed by atoms with Gasteiger partial charge in [-0.25, -0.2) is 0 Å². The lowest BCUT2D eigenvalue weighted by Crippen LogP contribution is -2.89. The van der Waals surface area contributed by atoms with Crippen LogP contribution in [0.15, 0.2) is 0 Å². The van der Waals surface area contributed by atoms with Crippen molar-refractivity contribution < 1.29 is 0 Å². The second-order valence-corrected chi connectivity index (χ2v) is 49.4. The van der Waals surface area contributed by atoms with Gasteiger partial charge in [-0.05, 0) is 20.0 Å². The first kappa shape index (κ1) is 19.8. The molecule has 0 aromatic heterocycles. The smallest absolute Gasteiger partial charge is 0.100 e. The Bertz CT molecular complexity index is 247. The van der Waals surface area contributed by atoms with Gasteiger partial charge in [0.05, 0.1) is 22.8 Å². The lowest BCUT2D eigenvalue weighted by atomic mass is 10.3. The fourth-order valence-electron chi connectivity index (χ4n) is 5.66. The van der Waals surface area contributed by atoms with Gasteiger partial charge in [0.1, 0.15) is 6.79 Å². The average Bonchev–Trinajstić information content (AvgIpc) is 2.07. The maximum atomic E-state index is 2.97. The van der Waals surface area contributed by atoms with Crippen LogP contribution in [-0.4, -0.2) is 47.7 Å². The monoisotopic (exact) mass is 333 g/mol. The Kier molecular flexibility index (Phi) is 6.57. The van der Waals surface area contributed by atoms with Gasteiger partial charge in [0.2, 0.25) is 0 Å². The van der Waals surface area contributed by atoms with E-state index in [4.69, 9.17) is 0 Å². The van der Waals surface area contributed by atoms with E-state index in [1.54, 1.807) is 0 Å². The first-order valence-electron chi connectivity index (χ1n) is 7.94. The average molecular weight is 334 g/mol. The van der Waals surface area contributed by atoms with Crippen LogP contribution in [0.5, 0.6) is 0 Å². The highest BCUT2D eigenvalue weighted by atomic mass is 29.9. The summed E-state index contributed by atoms with van der Waals surface area (Å²) < 4.78 is 2.97. The Hall–Kier alpha value is 0.828. The highest BCUT2D eigenvalue weighted by molar-refractivity contribution is 7.88. The molecule has 0 aliphatic rings. The molecule has 0 spiro atoms. The molecule has 0 N–H and O–H groups in total. The van der Waals surface area contributed by atoms with Crippen molar-refractivity contribution in [2.75, 3.05) is 13.6 Å². The van der Waals surface area contributed by atoms with E-state index < -0.39 is 29.6 Å². The Morgan fingerprint density at radius 2 is 1.00 bits per heavy atom. The van der Waals surface area contributed by atoms with Gasteiger partial charge in [-0.15, -0.1) is 0 Å². The molecule has 0 rings (SSSR count). The molecule has 0 radical (unpaired) electrons. The van der Waals surface area contributed by atoms with Gasteiger partial charge in [-0.1, -0.05) is 72.3 Å². The van der Waals surface area contributed by atoms with Gasteiger partial charge in [0.25, 0.3) is 0 Å². The van der Waals surface area contributed by atoms with Crippen molar-refractivity contribution in [3.8, 4) is 0 Å². The molecular weight excluding hydrogens is 295 g/mol. The molecule has 116 valence electrons. The van der Waals surface area contributed by atoms with E-state index in [2.05, 4.69) is 77.5 Å². The van der Waals surface area contributed by atoms with Gasteiger partial charge >= 0.3 is 0 Å². The summed E-state index contributed by atoms with van der Waals surface area (Å²) in [5, 5.41) is 0. The third-order valence-electron chi connectivity index (χ3n) is 4.68. The lowest BCUT2D eigenvalue weighted by Gasteiger charge is -2.61. The summed E-state index contributed by atoms with van der Waals surface area (Å²) in [5.41, 5.74) is 0. The van der Waals surface area contributed by atoms with Crippen molar-refractivity contribution in [2.45, 2.75) is 78.7 Å². The first-order chi connectivity index (χ1) is 8.23. The summed E-state index contributed by atoms with van der Waals surface area (Å²) in [4.78, 5) is 0. The molecule has 0 aliphatic heterocycles. The Morgan fingerprint density at radius 1 is 0.684 bits per heavy atom. The van der Waals surface area contributed by atoms with E-state index in [1.165, 1.54) is 19.4 Å². The molecule has 0 heterocycles. The topological polar surface area (TPSA) is 3.24 Å². The van der Waals surface area contributed by atoms with Crippen LogP contribution in [0.4, 0.5) is 0 Å². The van der Waals surface area contributed by atoms with Crippen LogP contribution in [0.25, 0.3) is 0 Å². The van der Waals surface area contributed by atoms with E-state index in [-0.39, 0.29) is 0 Å². The maximum Gasteiger partial charge on any atom is 0.100 e. The molecule has 0 saturated carbocycles. The van der Waals surface area contributed by atoms with Crippen LogP contribution in [0.3, 0.4) is 0 Å². The maximum absolute atomic E-state index is 2.97. The minimum atomic E-state index is -1.29. The number of nitrogens with zero attached hydrogens (tertiary/aromatic N) is 1. The molecule has 1 nitrogen and oxygen atoms in total. The van der Waals surface area contributed by atoms with Crippen LogP contribution >= 0.6 is 0 Å². The van der Waals surface area contributed by atoms with Crippen molar-refractivity contribution in [1.82, 2.24) is 4.57 Å². The van der Waals surface area contributed by atoms with E-state index in [0.717, 1.165) is 0 Å². The number of unbranched alkanes of at least 4 members (excludes halogenated alkanes) is 1. The highest BCUT2D eigenvalue weighted by Gasteiger charge is 2.63. The predicted molar refractivity (Wildman–Crippen MR) is 103 cm³/mol. The summed E-state index contributed by atoms with van der Waals surface area (Å²) >= 11 is 0. The fourth-order valence-corrected chi connectivity index (χ4v) is 109. The zero-order valence-corrected chi connectivity index (χ0v) is 19.6. The van der Waals surface area contributed by atoms with Crippen LogP contribution in [0, 0.1) is 0 Å². The van der Waals surface area contributed by atoms with Crippen molar-refractivity contribution >= 4 is 29.6 Å². The summed E-state index contributed by atoms with van der Waals surface area (Å²) in [6.07, 6.45) is 2.71. The Morgan fingerprint density at radius 3 is 1.21 bits per heavy atom. The van der Waals surface area contributed by atoms with Crippen molar-refractivity contribution in [3.63, 3.8) is 0 Å². The van der Waals surface area contributed by atoms with Gasteiger partial charge in [-0.2, -0.15) is 0 Å². The molecule has 0 aromatic rings. The summed E-state index contributed by atoms with van der Waals surface area (Å²) in [6, 6.07) is 0. The van der Waals surface area contributed by atoms with Gasteiger partial charge in [0, 0.05) is 0 Å². The standard InChI is InChI=1S/C14H39NSi4/c1-12-13-14-15(2)19(16(3,4)5,17(6,7)8)18(9,10)11/h12-14H2,1-11H3. The number of rotatable bonds is 7. The van der Waals surface area contributed by atoms with Crippen LogP contribution in [-0.2, 0) is 0 Å². The van der Waals surface area contributed by atoms with Gasteiger partial charge in [0.15, 0.2) is 0 Å². The van der Waals surface area contributed by atoms with E-state index in [0.29, 0.717) is 0 Å². The minimum absolute atomic E-state index is 1.13. The third-order valence-corrected chi connectivity index (χ3v) is 76.0. The van der Waals surface area contributed by atoms with E-state index in [1.807, 2.05) is 0 Å². The normalized spacial score (nSPS) is 15.2. The molecule has 0 fully saturated rings. The molecule has 0 atom stereocenters. The molecule has 0 saturated heterocycles. The third kappa shape index (κ3) is 3.73. The summed E-state index contributed by atoms with van der Waals surface area (Å²) in [6.45, 7) is 26.5. The first-order valence-corrected chi connectivity index (χ1v) is 23.4. The molecule has 0 bridgehead atoms. The second-order valence-electron chi connectivity index (χ2n) is 9.24. The van der Waals surface area contributed by atoms with Crippen molar-refractivity contribution in [2.24, 2.45) is 0 Å². The van der Waals surface area contributed by atoms with E-state index in [9.17, 15) is 0 Å². The van der Waals surface area contributed by atoms with Crippen LogP contribution in [0.2, 0.25) is 58.9 Å². The molecule has 0 unspecified atom stereocenters. The number of hydrogen-bond acceptors (Lipinski definition) is 1. The largest absolute Gasteiger partial charge is 0.332 e.